The van der Waals surface area contributed by atoms with Crippen molar-refractivity contribution >= 4 is 0 Å². The standard InChI is InChI=1S/C15H13F2N/c1-9-6-7-12(14(17)13(9)16)15-11-5-3-2-4-10(11)8-18-15/h2-7,15,18H,8H2,1H3. The van der Waals surface area contributed by atoms with E-state index in [1.165, 1.54) is 0 Å². The maximum absolute atomic E-state index is 14.0. The highest BCUT2D eigenvalue weighted by atomic mass is 19.2. The van der Waals surface area contributed by atoms with Crippen LogP contribution in [-0.4, -0.2) is 0 Å². The highest BCUT2D eigenvalue weighted by Gasteiger charge is 2.26. The van der Waals surface area contributed by atoms with Gasteiger partial charge in [-0.05, 0) is 23.6 Å². The molecule has 0 radical (unpaired) electrons. The Kier molecular flexibility index (Phi) is 2.63. The number of aryl methyl sites for hydroxylation is 1. The van der Waals surface area contributed by atoms with Crippen molar-refractivity contribution in [2.45, 2.75) is 19.5 Å². The van der Waals surface area contributed by atoms with Gasteiger partial charge in [0.15, 0.2) is 11.6 Å². The quantitative estimate of drug-likeness (QED) is 0.811. The van der Waals surface area contributed by atoms with Gasteiger partial charge in [-0.25, -0.2) is 8.78 Å². The Morgan fingerprint density at radius 2 is 1.78 bits per heavy atom. The molecule has 1 N–H and O–H groups in total. The van der Waals surface area contributed by atoms with Gasteiger partial charge >= 0.3 is 0 Å². The van der Waals surface area contributed by atoms with E-state index in [1.54, 1.807) is 19.1 Å². The van der Waals surface area contributed by atoms with Gasteiger partial charge in [-0.1, -0.05) is 36.4 Å². The van der Waals surface area contributed by atoms with Crippen LogP contribution in [-0.2, 0) is 6.54 Å². The van der Waals surface area contributed by atoms with Crippen LogP contribution in [0.3, 0.4) is 0 Å². The lowest BCUT2D eigenvalue weighted by atomic mass is 9.97. The maximum Gasteiger partial charge on any atom is 0.164 e. The lowest BCUT2D eigenvalue weighted by Gasteiger charge is -2.14. The molecule has 1 atom stereocenters. The van der Waals surface area contributed by atoms with Crippen LogP contribution in [0.5, 0.6) is 0 Å². The van der Waals surface area contributed by atoms with Crippen molar-refractivity contribution in [3.63, 3.8) is 0 Å². The van der Waals surface area contributed by atoms with E-state index in [-0.39, 0.29) is 6.04 Å². The van der Waals surface area contributed by atoms with Crippen LogP contribution in [0.15, 0.2) is 36.4 Å². The number of halogens is 2. The van der Waals surface area contributed by atoms with E-state index in [0.717, 1.165) is 11.1 Å². The normalized spacial score (nSPS) is 17.8. The third kappa shape index (κ3) is 1.63. The van der Waals surface area contributed by atoms with Crippen LogP contribution in [0.4, 0.5) is 8.78 Å². The molecule has 0 amide bonds. The number of rotatable bonds is 1. The van der Waals surface area contributed by atoms with E-state index in [9.17, 15) is 8.78 Å². The van der Waals surface area contributed by atoms with E-state index in [4.69, 9.17) is 0 Å². The van der Waals surface area contributed by atoms with Gasteiger partial charge in [-0.15, -0.1) is 0 Å². The minimum atomic E-state index is -0.751. The first-order valence-electron chi connectivity index (χ1n) is 5.94. The summed E-state index contributed by atoms with van der Waals surface area (Å²) in [5, 5.41) is 3.22. The zero-order chi connectivity index (χ0) is 12.7. The molecule has 0 saturated carbocycles. The molecule has 1 unspecified atom stereocenters. The van der Waals surface area contributed by atoms with Crippen LogP contribution in [0, 0.1) is 18.6 Å². The molecular weight excluding hydrogens is 232 g/mol. The van der Waals surface area contributed by atoms with E-state index in [2.05, 4.69) is 5.32 Å². The molecule has 0 aromatic heterocycles. The van der Waals surface area contributed by atoms with Gasteiger partial charge in [0.25, 0.3) is 0 Å². The molecule has 2 aromatic rings. The lowest BCUT2D eigenvalue weighted by molar-refractivity contribution is 0.482. The predicted molar refractivity (Wildman–Crippen MR) is 66.2 cm³/mol. The highest BCUT2D eigenvalue weighted by molar-refractivity contribution is 5.42. The Balaban J connectivity index is 2.11. The van der Waals surface area contributed by atoms with Gasteiger partial charge in [0.1, 0.15) is 0 Å². The third-order valence-corrected chi connectivity index (χ3v) is 3.48. The number of fused-ring (bicyclic) bond motifs is 1. The largest absolute Gasteiger partial charge is 0.302 e. The molecular formula is C15H13F2N. The molecule has 3 heteroatoms. The lowest BCUT2D eigenvalue weighted by Crippen LogP contribution is -2.15. The van der Waals surface area contributed by atoms with Crippen LogP contribution >= 0.6 is 0 Å². The first kappa shape index (κ1) is 11.4. The number of hydrogen-bond donors (Lipinski definition) is 1. The predicted octanol–water partition coefficient (Wildman–Crippen LogP) is 3.47. The van der Waals surface area contributed by atoms with Gasteiger partial charge in [0.2, 0.25) is 0 Å². The van der Waals surface area contributed by atoms with Crippen molar-refractivity contribution in [3.05, 3.63) is 70.3 Å². The van der Waals surface area contributed by atoms with Crippen LogP contribution < -0.4 is 5.32 Å². The van der Waals surface area contributed by atoms with Gasteiger partial charge in [0, 0.05) is 12.1 Å². The van der Waals surface area contributed by atoms with Crippen molar-refractivity contribution in [2.75, 3.05) is 0 Å². The fraction of sp³-hybridized carbons (Fsp3) is 0.200. The van der Waals surface area contributed by atoms with Crippen molar-refractivity contribution in [3.8, 4) is 0 Å². The van der Waals surface area contributed by atoms with Crippen molar-refractivity contribution in [1.82, 2.24) is 5.32 Å². The Labute approximate surface area is 104 Å². The molecule has 1 aliphatic rings. The molecule has 92 valence electrons. The highest BCUT2D eigenvalue weighted by Crippen LogP contribution is 2.33. The fourth-order valence-electron chi connectivity index (χ4n) is 2.46. The molecule has 0 fully saturated rings. The van der Waals surface area contributed by atoms with E-state index in [1.807, 2.05) is 24.3 Å². The molecule has 0 aliphatic carbocycles. The summed E-state index contributed by atoms with van der Waals surface area (Å²) in [5.74, 6) is -1.50. The van der Waals surface area contributed by atoms with Gasteiger partial charge < -0.3 is 5.32 Å². The van der Waals surface area contributed by atoms with Crippen LogP contribution in [0.1, 0.15) is 28.3 Å². The summed E-state index contributed by atoms with van der Waals surface area (Å²) in [6.45, 7) is 2.26. The minimum Gasteiger partial charge on any atom is -0.302 e. The zero-order valence-corrected chi connectivity index (χ0v) is 10.0. The Morgan fingerprint density at radius 3 is 2.61 bits per heavy atom. The summed E-state index contributed by atoms with van der Waals surface area (Å²) >= 11 is 0. The van der Waals surface area contributed by atoms with Crippen LogP contribution in [0.2, 0.25) is 0 Å². The molecule has 1 aliphatic heterocycles. The number of nitrogens with one attached hydrogen (secondary N) is 1. The zero-order valence-electron chi connectivity index (χ0n) is 10.0. The second-order valence-electron chi connectivity index (χ2n) is 4.61. The smallest absolute Gasteiger partial charge is 0.164 e. The minimum absolute atomic E-state index is 0.253. The van der Waals surface area contributed by atoms with Crippen molar-refractivity contribution in [2.24, 2.45) is 0 Å². The topological polar surface area (TPSA) is 12.0 Å². The summed E-state index contributed by atoms with van der Waals surface area (Å²) in [6, 6.07) is 10.9. The molecule has 0 spiro atoms. The molecule has 0 saturated heterocycles. The van der Waals surface area contributed by atoms with Crippen molar-refractivity contribution < 1.29 is 8.78 Å². The first-order chi connectivity index (χ1) is 8.68. The van der Waals surface area contributed by atoms with Gasteiger partial charge in [-0.2, -0.15) is 0 Å². The molecule has 1 heterocycles. The van der Waals surface area contributed by atoms with Crippen molar-refractivity contribution in [1.29, 1.82) is 0 Å². The average molecular weight is 245 g/mol. The van der Waals surface area contributed by atoms with E-state index >= 15 is 0 Å². The summed E-state index contributed by atoms with van der Waals surface area (Å²) < 4.78 is 27.6. The molecule has 0 bridgehead atoms. The molecule has 2 aromatic carbocycles. The van der Waals surface area contributed by atoms with Gasteiger partial charge in [-0.3, -0.25) is 0 Å². The molecule has 1 nitrogen and oxygen atoms in total. The first-order valence-corrected chi connectivity index (χ1v) is 5.94. The summed E-state index contributed by atoms with van der Waals surface area (Å²) in [6.07, 6.45) is 0. The third-order valence-electron chi connectivity index (χ3n) is 3.48. The fourth-order valence-corrected chi connectivity index (χ4v) is 2.46. The Hall–Kier alpha value is -1.74. The maximum atomic E-state index is 14.0. The summed E-state index contributed by atoms with van der Waals surface area (Å²) in [5.41, 5.74) is 2.88. The monoisotopic (exact) mass is 245 g/mol. The SMILES string of the molecule is Cc1ccc(C2NCc3ccccc32)c(F)c1F. The van der Waals surface area contributed by atoms with Gasteiger partial charge in [0.05, 0.1) is 6.04 Å². The van der Waals surface area contributed by atoms with E-state index in [0.29, 0.717) is 17.7 Å². The molecule has 3 rings (SSSR count). The molecule has 18 heavy (non-hydrogen) atoms. The Bertz CT molecular complexity index is 607. The summed E-state index contributed by atoms with van der Waals surface area (Å²) in [4.78, 5) is 0. The second kappa shape index (κ2) is 4.18. The Morgan fingerprint density at radius 1 is 1.00 bits per heavy atom. The average Bonchev–Trinajstić information content (AvgIpc) is 2.80. The summed E-state index contributed by atoms with van der Waals surface area (Å²) in [7, 11) is 0. The number of benzene rings is 2. The van der Waals surface area contributed by atoms with E-state index < -0.39 is 11.6 Å². The van der Waals surface area contributed by atoms with Crippen LogP contribution in [0.25, 0.3) is 0 Å². The second-order valence-corrected chi connectivity index (χ2v) is 4.61. The number of hydrogen-bond acceptors (Lipinski definition) is 1.